The summed E-state index contributed by atoms with van der Waals surface area (Å²) in [4.78, 5) is 0. The SMILES string of the molecule is CCc1ccc(CCNS(=O)(=O)C2CC2)cc1. The summed E-state index contributed by atoms with van der Waals surface area (Å²) in [7, 11) is -3.02. The van der Waals surface area contributed by atoms with Crippen LogP contribution in [-0.4, -0.2) is 20.2 Å². The molecule has 1 aliphatic carbocycles. The second-order valence-electron chi connectivity index (χ2n) is 4.56. The number of benzene rings is 1. The van der Waals surface area contributed by atoms with Crippen molar-refractivity contribution in [2.24, 2.45) is 0 Å². The predicted molar refractivity (Wildman–Crippen MR) is 69.5 cm³/mol. The Morgan fingerprint density at radius 3 is 2.29 bits per heavy atom. The van der Waals surface area contributed by atoms with Crippen molar-refractivity contribution in [3.8, 4) is 0 Å². The third-order valence-corrected chi connectivity index (χ3v) is 5.07. The van der Waals surface area contributed by atoms with Gasteiger partial charge >= 0.3 is 0 Å². The molecule has 1 aromatic carbocycles. The van der Waals surface area contributed by atoms with Crippen molar-refractivity contribution in [1.82, 2.24) is 4.72 Å². The minimum atomic E-state index is -3.02. The summed E-state index contributed by atoms with van der Waals surface area (Å²) in [6.07, 6.45) is 3.44. The van der Waals surface area contributed by atoms with E-state index in [1.165, 1.54) is 11.1 Å². The molecule has 0 bridgehead atoms. The highest BCUT2D eigenvalue weighted by Gasteiger charge is 2.35. The zero-order valence-corrected chi connectivity index (χ0v) is 11.0. The highest BCUT2D eigenvalue weighted by Crippen LogP contribution is 2.27. The maximum Gasteiger partial charge on any atom is 0.214 e. The fourth-order valence-electron chi connectivity index (χ4n) is 1.78. The fourth-order valence-corrected chi connectivity index (χ4v) is 3.15. The summed E-state index contributed by atoms with van der Waals surface area (Å²) >= 11 is 0. The van der Waals surface area contributed by atoms with E-state index in [0.29, 0.717) is 6.54 Å². The van der Waals surface area contributed by atoms with Gasteiger partial charge in [0.1, 0.15) is 0 Å². The Morgan fingerprint density at radius 1 is 1.18 bits per heavy atom. The van der Waals surface area contributed by atoms with Gasteiger partial charge in [-0.1, -0.05) is 31.2 Å². The number of hydrogen-bond donors (Lipinski definition) is 1. The van der Waals surface area contributed by atoms with Crippen LogP contribution in [0, 0.1) is 0 Å². The van der Waals surface area contributed by atoms with Gasteiger partial charge < -0.3 is 0 Å². The summed E-state index contributed by atoms with van der Waals surface area (Å²) in [6.45, 7) is 2.63. The molecule has 4 heteroatoms. The van der Waals surface area contributed by atoms with Gasteiger partial charge in [-0.15, -0.1) is 0 Å². The Bertz CT molecular complexity index is 461. The van der Waals surface area contributed by atoms with Crippen LogP contribution >= 0.6 is 0 Å². The van der Waals surface area contributed by atoms with Gasteiger partial charge in [-0.2, -0.15) is 0 Å². The van der Waals surface area contributed by atoms with Crippen LogP contribution in [0.1, 0.15) is 30.9 Å². The van der Waals surface area contributed by atoms with Crippen LogP contribution in [0.2, 0.25) is 0 Å². The minimum Gasteiger partial charge on any atom is -0.215 e. The van der Waals surface area contributed by atoms with Crippen molar-refractivity contribution in [1.29, 1.82) is 0 Å². The lowest BCUT2D eigenvalue weighted by atomic mass is 10.1. The summed E-state index contributed by atoms with van der Waals surface area (Å²) < 4.78 is 25.8. The van der Waals surface area contributed by atoms with Crippen LogP contribution in [0.5, 0.6) is 0 Å². The number of aryl methyl sites for hydroxylation is 1. The van der Waals surface area contributed by atoms with Crippen molar-refractivity contribution >= 4 is 10.0 Å². The average Bonchev–Trinajstić information content (AvgIpc) is 3.14. The van der Waals surface area contributed by atoms with Crippen molar-refractivity contribution < 1.29 is 8.42 Å². The molecule has 1 aliphatic rings. The first kappa shape index (κ1) is 12.6. The number of rotatable bonds is 6. The van der Waals surface area contributed by atoms with E-state index in [-0.39, 0.29) is 5.25 Å². The first-order chi connectivity index (χ1) is 8.12. The van der Waals surface area contributed by atoms with E-state index < -0.39 is 10.0 Å². The molecule has 0 heterocycles. The molecule has 94 valence electrons. The minimum absolute atomic E-state index is 0.120. The zero-order valence-electron chi connectivity index (χ0n) is 10.1. The number of sulfonamides is 1. The first-order valence-corrected chi connectivity index (χ1v) is 7.73. The highest BCUT2D eigenvalue weighted by molar-refractivity contribution is 7.90. The normalized spacial score (nSPS) is 16.1. The molecule has 0 aromatic heterocycles. The van der Waals surface area contributed by atoms with E-state index in [0.717, 1.165) is 25.7 Å². The van der Waals surface area contributed by atoms with Crippen LogP contribution in [0.4, 0.5) is 0 Å². The standard InChI is InChI=1S/C13H19NO2S/c1-2-11-3-5-12(6-4-11)9-10-14-17(15,16)13-7-8-13/h3-6,13-14H,2,7-10H2,1H3. The monoisotopic (exact) mass is 253 g/mol. The van der Waals surface area contributed by atoms with E-state index in [4.69, 9.17) is 0 Å². The second-order valence-corrected chi connectivity index (χ2v) is 6.60. The van der Waals surface area contributed by atoms with Crippen molar-refractivity contribution in [3.05, 3.63) is 35.4 Å². The van der Waals surface area contributed by atoms with E-state index in [2.05, 4.69) is 35.9 Å². The smallest absolute Gasteiger partial charge is 0.214 e. The quantitative estimate of drug-likeness (QED) is 0.841. The van der Waals surface area contributed by atoms with Crippen LogP contribution in [0.25, 0.3) is 0 Å². The fraction of sp³-hybridized carbons (Fsp3) is 0.538. The van der Waals surface area contributed by atoms with Crippen LogP contribution in [-0.2, 0) is 22.9 Å². The van der Waals surface area contributed by atoms with Gasteiger partial charge in [0.2, 0.25) is 10.0 Å². The average molecular weight is 253 g/mol. The Labute approximate surface area is 103 Å². The lowest BCUT2D eigenvalue weighted by Gasteiger charge is -2.06. The molecule has 0 amide bonds. The third kappa shape index (κ3) is 3.54. The molecule has 17 heavy (non-hydrogen) atoms. The van der Waals surface area contributed by atoms with E-state index in [1.807, 2.05) is 0 Å². The molecule has 1 aromatic rings. The summed E-state index contributed by atoms with van der Waals surface area (Å²) in [5.74, 6) is 0. The Balaban J connectivity index is 1.81. The number of hydrogen-bond acceptors (Lipinski definition) is 2. The molecule has 3 nitrogen and oxygen atoms in total. The molecular formula is C13H19NO2S. The topological polar surface area (TPSA) is 46.2 Å². The van der Waals surface area contributed by atoms with E-state index in [9.17, 15) is 8.42 Å². The molecule has 2 rings (SSSR count). The van der Waals surface area contributed by atoms with Gasteiger partial charge in [0.15, 0.2) is 0 Å². The van der Waals surface area contributed by atoms with Gasteiger partial charge in [-0.05, 0) is 36.8 Å². The molecule has 0 unspecified atom stereocenters. The van der Waals surface area contributed by atoms with Crippen LogP contribution < -0.4 is 4.72 Å². The summed E-state index contributed by atoms with van der Waals surface area (Å²) in [6, 6.07) is 8.35. The molecular weight excluding hydrogens is 234 g/mol. The second kappa shape index (κ2) is 5.19. The van der Waals surface area contributed by atoms with Gasteiger partial charge in [0.25, 0.3) is 0 Å². The molecule has 0 spiro atoms. The Kier molecular flexibility index (Phi) is 3.84. The molecule has 0 aliphatic heterocycles. The maximum atomic E-state index is 11.6. The van der Waals surface area contributed by atoms with Gasteiger partial charge in [-0.3, -0.25) is 0 Å². The molecule has 1 saturated carbocycles. The molecule has 1 N–H and O–H groups in total. The number of nitrogens with one attached hydrogen (secondary N) is 1. The van der Waals surface area contributed by atoms with Gasteiger partial charge in [-0.25, -0.2) is 13.1 Å². The van der Waals surface area contributed by atoms with Gasteiger partial charge in [0.05, 0.1) is 5.25 Å². The Hall–Kier alpha value is -0.870. The van der Waals surface area contributed by atoms with Crippen LogP contribution in [0.3, 0.4) is 0 Å². The predicted octanol–water partition coefficient (Wildman–Crippen LogP) is 1.87. The van der Waals surface area contributed by atoms with E-state index >= 15 is 0 Å². The van der Waals surface area contributed by atoms with Crippen LogP contribution in [0.15, 0.2) is 24.3 Å². The summed E-state index contributed by atoms with van der Waals surface area (Å²) in [5, 5.41) is -0.120. The molecule has 0 radical (unpaired) electrons. The van der Waals surface area contributed by atoms with Gasteiger partial charge in [0, 0.05) is 6.54 Å². The van der Waals surface area contributed by atoms with Crippen molar-refractivity contribution in [2.45, 2.75) is 37.9 Å². The lowest BCUT2D eigenvalue weighted by molar-refractivity contribution is 0.580. The van der Waals surface area contributed by atoms with Crippen molar-refractivity contribution in [3.63, 3.8) is 0 Å². The molecule has 1 fully saturated rings. The molecule has 0 atom stereocenters. The zero-order chi connectivity index (χ0) is 12.3. The van der Waals surface area contributed by atoms with E-state index in [1.54, 1.807) is 0 Å². The third-order valence-electron chi connectivity index (χ3n) is 3.11. The lowest BCUT2D eigenvalue weighted by Crippen LogP contribution is -2.29. The Morgan fingerprint density at radius 2 is 1.76 bits per heavy atom. The largest absolute Gasteiger partial charge is 0.215 e. The van der Waals surface area contributed by atoms with Crippen molar-refractivity contribution in [2.75, 3.05) is 6.54 Å². The maximum absolute atomic E-state index is 11.6. The first-order valence-electron chi connectivity index (χ1n) is 6.18. The highest BCUT2D eigenvalue weighted by atomic mass is 32.2. The molecule has 0 saturated heterocycles. The summed E-state index contributed by atoms with van der Waals surface area (Å²) in [5.41, 5.74) is 2.49.